The van der Waals surface area contributed by atoms with Gasteiger partial charge in [-0.1, -0.05) is 42.5 Å². The Bertz CT molecular complexity index is 797. The van der Waals surface area contributed by atoms with Gasteiger partial charge >= 0.3 is 0 Å². The number of hydrogen-bond acceptors (Lipinski definition) is 4. The molecule has 0 heterocycles. The van der Waals surface area contributed by atoms with Crippen molar-refractivity contribution >= 4 is 20.0 Å². The lowest BCUT2D eigenvalue weighted by Crippen LogP contribution is -2.31. The van der Waals surface area contributed by atoms with Gasteiger partial charge in [0.15, 0.2) is 0 Å². The van der Waals surface area contributed by atoms with Crippen LogP contribution in [-0.4, -0.2) is 57.9 Å². The Morgan fingerprint density at radius 2 is 1.11 bits per heavy atom. The third-order valence-corrected chi connectivity index (χ3v) is 6.26. The quantitative estimate of drug-likeness (QED) is 0.524. The van der Waals surface area contributed by atoms with Gasteiger partial charge in [0.25, 0.3) is 0 Å². The van der Waals surface area contributed by atoms with Gasteiger partial charge in [0.1, 0.15) is 0 Å². The molecule has 0 saturated carbocycles. The summed E-state index contributed by atoms with van der Waals surface area (Å²) in [5.41, 5.74) is 0. The molecule has 0 aromatic heterocycles. The van der Waals surface area contributed by atoms with Crippen LogP contribution in [0, 0.1) is 0 Å². The van der Waals surface area contributed by atoms with Gasteiger partial charge in [0, 0.05) is 26.2 Å². The highest BCUT2D eigenvalue weighted by Gasteiger charge is 2.21. The maximum Gasteiger partial charge on any atom is 0.243 e. The van der Waals surface area contributed by atoms with Crippen LogP contribution >= 0.6 is 0 Å². The van der Waals surface area contributed by atoms with Crippen molar-refractivity contribution in [2.24, 2.45) is 0 Å². The van der Waals surface area contributed by atoms with Gasteiger partial charge in [-0.3, -0.25) is 0 Å². The van der Waals surface area contributed by atoms with Crippen molar-refractivity contribution in [3.8, 4) is 0 Å². The highest BCUT2D eigenvalue weighted by Crippen LogP contribution is 2.14. The van der Waals surface area contributed by atoms with Crippen molar-refractivity contribution in [2.45, 2.75) is 4.90 Å². The molecule has 0 spiro atoms. The average molecular weight is 413 g/mol. The van der Waals surface area contributed by atoms with Crippen molar-refractivity contribution < 1.29 is 16.8 Å². The van der Waals surface area contributed by atoms with Gasteiger partial charge in [-0.2, -0.15) is 8.61 Å². The summed E-state index contributed by atoms with van der Waals surface area (Å²) in [7, 11) is -6.53. The standard InChI is InChI=1S/C12H15NO2S.C7H13NO2S/c1-3-10-13(11-4-2)16(14,15)12-8-6-5-7-9-12;1-4-6-8(7-5-2)11(3,9)10/h3-9H,1-2,10-11H2;4-5H,1-2,6-7H2,3H3. The van der Waals surface area contributed by atoms with E-state index in [0.717, 1.165) is 0 Å². The zero-order chi connectivity index (χ0) is 20.9. The van der Waals surface area contributed by atoms with E-state index >= 15 is 0 Å². The number of nitrogens with zero attached hydrogens (tertiary/aromatic N) is 2. The fourth-order valence-corrected chi connectivity index (χ4v) is 4.09. The fourth-order valence-electron chi connectivity index (χ4n) is 1.93. The predicted octanol–water partition coefficient (Wildman–Crippen LogP) is 2.67. The molecule has 0 aliphatic heterocycles. The highest BCUT2D eigenvalue weighted by molar-refractivity contribution is 7.89. The summed E-state index contributed by atoms with van der Waals surface area (Å²) in [6.07, 6.45) is 7.38. The Morgan fingerprint density at radius 3 is 1.44 bits per heavy atom. The lowest BCUT2D eigenvalue weighted by molar-refractivity contribution is 0.474. The molecule has 0 saturated heterocycles. The van der Waals surface area contributed by atoms with E-state index in [1.807, 2.05) is 0 Å². The van der Waals surface area contributed by atoms with Crippen LogP contribution in [0.25, 0.3) is 0 Å². The summed E-state index contributed by atoms with van der Waals surface area (Å²) in [5.74, 6) is 0. The molecule has 1 aromatic carbocycles. The van der Waals surface area contributed by atoms with Crippen molar-refractivity contribution in [3.63, 3.8) is 0 Å². The topological polar surface area (TPSA) is 74.8 Å². The minimum atomic E-state index is -3.43. The lowest BCUT2D eigenvalue weighted by atomic mass is 10.4. The van der Waals surface area contributed by atoms with E-state index in [2.05, 4.69) is 26.3 Å². The van der Waals surface area contributed by atoms with Crippen LogP contribution in [0.15, 0.2) is 85.8 Å². The van der Waals surface area contributed by atoms with Crippen LogP contribution in [0.4, 0.5) is 0 Å². The first-order valence-electron chi connectivity index (χ1n) is 8.09. The second-order valence-electron chi connectivity index (χ2n) is 5.37. The first-order chi connectivity index (χ1) is 12.6. The van der Waals surface area contributed by atoms with E-state index in [1.165, 1.54) is 14.9 Å². The molecule has 0 fully saturated rings. The first-order valence-corrected chi connectivity index (χ1v) is 11.4. The van der Waals surface area contributed by atoms with Crippen molar-refractivity contribution in [2.75, 3.05) is 32.4 Å². The molecule has 8 heteroatoms. The summed E-state index contributed by atoms with van der Waals surface area (Å²) >= 11 is 0. The summed E-state index contributed by atoms with van der Waals surface area (Å²) in [6, 6.07) is 8.34. The number of rotatable bonds is 11. The maximum absolute atomic E-state index is 12.1. The van der Waals surface area contributed by atoms with Crippen LogP contribution in [-0.2, 0) is 20.0 Å². The molecule has 0 bridgehead atoms. The van der Waals surface area contributed by atoms with Crippen LogP contribution < -0.4 is 0 Å². The molecule has 150 valence electrons. The van der Waals surface area contributed by atoms with Gasteiger partial charge in [-0.15, -0.1) is 26.3 Å². The molecule has 0 unspecified atom stereocenters. The monoisotopic (exact) mass is 412 g/mol. The Morgan fingerprint density at radius 1 is 0.741 bits per heavy atom. The van der Waals surface area contributed by atoms with E-state index < -0.39 is 20.0 Å². The Labute approximate surface area is 163 Å². The van der Waals surface area contributed by atoms with E-state index in [-0.39, 0.29) is 13.1 Å². The molecular formula is C19H28N2O4S2. The first kappa shape index (κ1) is 25.0. The Hall–Kier alpha value is -2.00. The number of benzene rings is 1. The summed E-state index contributed by atoms with van der Waals surface area (Å²) in [6.45, 7) is 15.2. The normalized spacial score (nSPS) is 11.4. The maximum atomic E-state index is 12.1. The molecule has 1 rings (SSSR count). The SMILES string of the molecule is C=CCN(CC=C)S(=O)(=O)c1ccccc1.C=CCN(CC=C)S(C)(=O)=O. The Balaban J connectivity index is 0.000000541. The number of hydrogen-bond donors (Lipinski definition) is 0. The predicted molar refractivity (Wildman–Crippen MR) is 112 cm³/mol. The molecule has 0 aliphatic rings. The van der Waals surface area contributed by atoms with Gasteiger partial charge in [0.2, 0.25) is 20.0 Å². The fraction of sp³-hybridized carbons (Fsp3) is 0.263. The molecule has 0 amide bonds. The highest BCUT2D eigenvalue weighted by atomic mass is 32.2. The van der Waals surface area contributed by atoms with Crippen LogP contribution in [0.2, 0.25) is 0 Å². The van der Waals surface area contributed by atoms with E-state index in [1.54, 1.807) is 54.6 Å². The summed E-state index contributed by atoms with van der Waals surface area (Å²) < 4.78 is 48.8. The zero-order valence-corrected chi connectivity index (χ0v) is 17.3. The molecule has 27 heavy (non-hydrogen) atoms. The van der Waals surface area contributed by atoms with E-state index in [4.69, 9.17) is 0 Å². The summed E-state index contributed by atoms with van der Waals surface area (Å²) in [5, 5.41) is 0. The average Bonchev–Trinajstić information content (AvgIpc) is 2.62. The third-order valence-electron chi connectivity index (χ3n) is 3.18. The zero-order valence-electron chi connectivity index (χ0n) is 15.7. The molecule has 1 aromatic rings. The molecule has 0 atom stereocenters. The molecular weight excluding hydrogens is 384 g/mol. The van der Waals surface area contributed by atoms with E-state index in [9.17, 15) is 16.8 Å². The minimum absolute atomic E-state index is 0.281. The second kappa shape index (κ2) is 12.4. The van der Waals surface area contributed by atoms with Crippen molar-refractivity contribution in [1.29, 1.82) is 0 Å². The third kappa shape index (κ3) is 8.96. The van der Waals surface area contributed by atoms with Crippen molar-refractivity contribution in [3.05, 3.63) is 81.0 Å². The van der Waals surface area contributed by atoms with Gasteiger partial charge in [-0.25, -0.2) is 16.8 Å². The second-order valence-corrected chi connectivity index (χ2v) is 9.29. The Kier molecular flexibility index (Phi) is 11.5. The van der Waals surface area contributed by atoms with Crippen LogP contribution in [0.1, 0.15) is 0 Å². The van der Waals surface area contributed by atoms with Crippen LogP contribution in [0.3, 0.4) is 0 Å². The smallest absolute Gasteiger partial charge is 0.212 e. The van der Waals surface area contributed by atoms with Gasteiger partial charge < -0.3 is 0 Å². The molecule has 0 aliphatic carbocycles. The minimum Gasteiger partial charge on any atom is -0.212 e. The lowest BCUT2D eigenvalue weighted by Gasteiger charge is -2.18. The van der Waals surface area contributed by atoms with Crippen molar-refractivity contribution in [1.82, 2.24) is 8.61 Å². The largest absolute Gasteiger partial charge is 0.243 e. The van der Waals surface area contributed by atoms with E-state index in [0.29, 0.717) is 18.0 Å². The molecule has 0 radical (unpaired) electrons. The molecule has 6 nitrogen and oxygen atoms in total. The molecule has 0 N–H and O–H groups in total. The van der Waals surface area contributed by atoms with Gasteiger partial charge in [0.05, 0.1) is 11.2 Å². The number of sulfonamides is 2. The summed E-state index contributed by atoms with van der Waals surface area (Å²) in [4.78, 5) is 0.290. The van der Waals surface area contributed by atoms with Gasteiger partial charge in [-0.05, 0) is 12.1 Å². The van der Waals surface area contributed by atoms with Crippen LogP contribution in [0.5, 0.6) is 0 Å².